The molecule has 0 radical (unpaired) electrons. The fourth-order valence-electron chi connectivity index (χ4n) is 2.15. The number of anilines is 1. The molecule has 5 N–H and O–H groups in total. The van der Waals surface area contributed by atoms with Crippen LogP contribution in [0.1, 0.15) is 13.8 Å². The van der Waals surface area contributed by atoms with Crippen molar-refractivity contribution in [1.82, 2.24) is 19.5 Å². The number of aromatic nitrogens is 4. The Bertz CT molecular complexity index is 743. The molecule has 1 saturated heterocycles. The Morgan fingerprint density at radius 1 is 1.52 bits per heavy atom. The lowest BCUT2D eigenvalue weighted by molar-refractivity contribution is -0.142. The molecule has 1 aliphatic rings. The summed E-state index contributed by atoms with van der Waals surface area (Å²) in [6.45, 7) is 4.52. The summed E-state index contributed by atoms with van der Waals surface area (Å²) in [5, 5.41) is 17.1. The van der Waals surface area contributed by atoms with Crippen LogP contribution < -0.4 is 11.3 Å². The second-order valence-corrected chi connectivity index (χ2v) is 5.73. The fourth-order valence-corrected chi connectivity index (χ4v) is 2.15. The van der Waals surface area contributed by atoms with E-state index in [0.717, 1.165) is 0 Å². The number of fused-ring (bicyclic) bond motifs is 1. The average molecular weight is 357 g/mol. The maximum Gasteiger partial charge on any atom is 0.280 e. The van der Waals surface area contributed by atoms with Gasteiger partial charge in [0.05, 0.1) is 32.8 Å². The molecule has 1 atom stereocenters. The maximum atomic E-state index is 11.4. The smallest absolute Gasteiger partial charge is 0.280 e. The highest BCUT2D eigenvalue weighted by Gasteiger charge is 2.31. The maximum absolute atomic E-state index is 11.4. The number of nitrogens with one attached hydrogen (secondary N) is 1. The molecule has 3 heterocycles. The predicted octanol–water partition coefficient (Wildman–Crippen LogP) is -1.20. The molecular weight excluding hydrogens is 334 g/mol. The molecule has 1 aliphatic heterocycles. The molecule has 0 amide bonds. The summed E-state index contributed by atoms with van der Waals surface area (Å²) < 4.78 is 17.0. The van der Waals surface area contributed by atoms with Crippen LogP contribution in [0.2, 0.25) is 0 Å². The van der Waals surface area contributed by atoms with E-state index in [9.17, 15) is 4.79 Å². The van der Waals surface area contributed by atoms with Crippen LogP contribution in [0.5, 0.6) is 0 Å². The van der Waals surface area contributed by atoms with Gasteiger partial charge in [-0.1, -0.05) is 0 Å². The molecule has 140 valence electrons. The zero-order valence-electron chi connectivity index (χ0n) is 14.1. The molecule has 11 heteroatoms. The number of rotatable bonds is 5. The van der Waals surface area contributed by atoms with Gasteiger partial charge in [0.2, 0.25) is 5.95 Å². The molecular formula is C14H23N5O6. The number of aliphatic hydroxyl groups excluding tert-OH is 2. The molecule has 25 heavy (non-hydrogen) atoms. The highest BCUT2D eigenvalue weighted by Crippen LogP contribution is 2.21. The van der Waals surface area contributed by atoms with Gasteiger partial charge in [-0.05, 0) is 13.8 Å². The number of hydrogen-bond donors (Lipinski definition) is 4. The van der Waals surface area contributed by atoms with Crippen molar-refractivity contribution < 1.29 is 24.4 Å². The van der Waals surface area contributed by atoms with Crippen LogP contribution in [-0.2, 0) is 20.9 Å². The van der Waals surface area contributed by atoms with E-state index in [1.54, 1.807) is 0 Å². The lowest BCUT2D eigenvalue weighted by Gasteiger charge is -2.15. The van der Waals surface area contributed by atoms with Gasteiger partial charge in [-0.15, -0.1) is 0 Å². The van der Waals surface area contributed by atoms with Gasteiger partial charge in [-0.3, -0.25) is 14.3 Å². The Kier molecular flexibility index (Phi) is 6.45. The lowest BCUT2D eigenvalue weighted by atomic mass is 10.4. The first kappa shape index (κ1) is 19.3. The molecule has 0 aliphatic carbocycles. The molecule has 2 aromatic rings. The summed E-state index contributed by atoms with van der Waals surface area (Å²) in [6.07, 6.45) is 1.31. The zero-order chi connectivity index (χ0) is 18.4. The Morgan fingerprint density at radius 2 is 2.28 bits per heavy atom. The van der Waals surface area contributed by atoms with E-state index >= 15 is 0 Å². The van der Waals surface area contributed by atoms with Crippen molar-refractivity contribution in [2.24, 2.45) is 0 Å². The first-order valence-electron chi connectivity index (χ1n) is 7.68. The van der Waals surface area contributed by atoms with E-state index < -0.39 is 5.79 Å². The van der Waals surface area contributed by atoms with Gasteiger partial charge < -0.3 is 30.2 Å². The van der Waals surface area contributed by atoms with Crippen molar-refractivity contribution in [2.45, 2.75) is 32.5 Å². The highest BCUT2D eigenvalue weighted by molar-refractivity contribution is 5.70. The zero-order valence-corrected chi connectivity index (χ0v) is 14.1. The average Bonchev–Trinajstić information content (AvgIpc) is 3.11. The molecule has 0 saturated carbocycles. The fraction of sp³-hybridized carbons (Fsp3) is 0.643. The van der Waals surface area contributed by atoms with Crippen LogP contribution in [0, 0.1) is 0 Å². The Morgan fingerprint density at radius 3 is 2.84 bits per heavy atom. The number of ether oxygens (including phenoxy) is 3. The van der Waals surface area contributed by atoms with Gasteiger partial charge in [-0.25, -0.2) is 4.98 Å². The Hall–Kier alpha value is -2.05. The SMILES string of the molecule is CC1(C)OCC(CO)O1.Nc1nc2c(ncn2COCCO)c(=O)[nH]1. The van der Waals surface area contributed by atoms with E-state index in [-0.39, 0.29) is 49.7 Å². The Labute approximate surface area is 143 Å². The van der Waals surface area contributed by atoms with Crippen molar-refractivity contribution in [3.05, 3.63) is 16.7 Å². The largest absolute Gasteiger partial charge is 0.394 e. The third kappa shape index (κ3) is 5.21. The van der Waals surface area contributed by atoms with Crippen LogP contribution in [-0.4, -0.2) is 68.1 Å². The van der Waals surface area contributed by atoms with E-state index in [2.05, 4.69) is 15.0 Å². The summed E-state index contributed by atoms with van der Waals surface area (Å²) in [7, 11) is 0. The summed E-state index contributed by atoms with van der Waals surface area (Å²) in [5.74, 6) is -0.464. The van der Waals surface area contributed by atoms with Gasteiger partial charge in [0.25, 0.3) is 5.56 Å². The Balaban J connectivity index is 0.000000212. The van der Waals surface area contributed by atoms with Crippen molar-refractivity contribution in [2.75, 3.05) is 32.2 Å². The van der Waals surface area contributed by atoms with Crippen molar-refractivity contribution >= 4 is 17.1 Å². The number of hydrogen-bond acceptors (Lipinski definition) is 9. The van der Waals surface area contributed by atoms with Crippen LogP contribution in [0.15, 0.2) is 11.1 Å². The van der Waals surface area contributed by atoms with Gasteiger partial charge >= 0.3 is 0 Å². The first-order valence-corrected chi connectivity index (χ1v) is 7.68. The van der Waals surface area contributed by atoms with Crippen LogP contribution in [0.4, 0.5) is 5.95 Å². The molecule has 1 fully saturated rings. The summed E-state index contributed by atoms with van der Waals surface area (Å²) >= 11 is 0. The lowest BCUT2D eigenvalue weighted by Crippen LogP contribution is -2.22. The van der Waals surface area contributed by atoms with Gasteiger partial charge in [-0.2, -0.15) is 4.98 Å². The normalized spacial score (nSPS) is 19.0. The number of aliphatic hydroxyl groups is 2. The van der Waals surface area contributed by atoms with E-state index in [0.29, 0.717) is 12.3 Å². The van der Waals surface area contributed by atoms with Crippen molar-refractivity contribution in [3.63, 3.8) is 0 Å². The number of imidazole rings is 1. The molecule has 3 rings (SSSR count). The van der Waals surface area contributed by atoms with Crippen molar-refractivity contribution in [1.29, 1.82) is 0 Å². The van der Waals surface area contributed by atoms with Gasteiger partial charge in [0.1, 0.15) is 12.8 Å². The molecule has 2 aromatic heterocycles. The van der Waals surface area contributed by atoms with Crippen molar-refractivity contribution in [3.8, 4) is 0 Å². The number of nitrogen functional groups attached to an aromatic ring is 1. The van der Waals surface area contributed by atoms with E-state index in [1.807, 2.05) is 13.8 Å². The number of nitrogens with zero attached hydrogens (tertiary/aromatic N) is 3. The monoisotopic (exact) mass is 357 g/mol. The number of nitrogens with two attached hydrogens (primary N) is 1. The number of aromatic amines is 1. The minimum atomic E-state index is -0.493. The molecule has 1 unspecified atom stereocenters. The minimum Gasteiger partial charge on any atom is -0.394 e. The first-order chi connectivity index (χ1) is 11.9. The van der Waals surface area contributed by atoms with Crippen LogP contribution >= 0.6 is 0 Å². The third-order valence-corrected chi connectivity index (χ3v) is 3.23. The van der Waals surface area contributed by atoms with Crippen LogP contribution in [0.25, 0.3) is 11.2 Å². The third-order valence-electron chi connectivity index (χ3n) is 3.23. The highest BCUT2D eigenvalue weighted by atomic mass is 16.7. The van der Waals surface area contributed by atoms with Crippen LogP contribution in [0.3, 0.4) is 0 Å². The second kappa shape index (κ2) is 8.36. The molecule has 0 spiro atoms. The predicted molar refractivity (Wildman–Crippen MR) is 87.6 cm³/mol. The van der Waals surface area contributed by atoms with Gasteiger partial charge in [0, 0.05) is 0 Å². The quantitative estimate of drug-likeness (QED) is 0.482. The second-order valence-electron chi connectivity index (χ2n) is 5.73. The summed E-state index contributed by atoms with van der Waals surface area (Å²) in [6, 6.07) is 0. The molecule has 0 bridgehead atoms. The van der Waals surface area contributed by atoms with E-state index in [1.165, 1.54) is 10.9 Å². The summed E-state index contributed by atoms with van der Waals surface area (Å²) in [5.41, 5.74) is 5.60. The summed E-state index contributed by atoms with van der Waals surface area (Å²) in [4.78, 5) is 21.6. The topological polar surface area (TPSA) is 158 Å². The molecule has 11 nitrogen and oxygen atoms in total. The standard InChI is InChI=1S/C8H11N5O3.C6H12O3/c9-8-11-6-5(7(15)12-8)10-3-13(6)4-16-2-1-14;1-6(2)8-4-5(3-7)9-6/h3,14H,1-2,4H2,(H3,9,11,12,15);5,7H,3-4H2,1-2H3. The minimum absolute atomic E-state index is 0.0291. The number of H-pyrrole nitrogens is 1. The van der Waals surface area contributed by atoms with Gasteiger partial charge in [0.15, 0.2) is 17.0 Å². The molecule has 0 aromatic carbocycles. The van der Waals surface area contributed by atoms with E-state index in [4.69, 9.17) is 30.2 Å².